The number of anilines is 2. The van der Waals surface area contributed by atoms with E-state index in [1.807, 2.05) is 17.0 Å². The van der Waals surface area contributed by atoms with Gasteiger partial charge in [0.25, 0.3) is 0 Å². The first kappa shape index (κ1) is 14.6. The van der Waals surface area contributed by atoms with Crippen LogP contribution < -0.4 is 10.6 Å². The van der Waals surface area contributed by atoms with Crippen LogP contribution in [0.15, 0.2) is 30.3 Å². The van der Waals surface area contributed by atoms with E-state index in [1.54, 1.807) is 32.4 Å². The first-order chi connectivity index (χ1) is 10.6. The average molecular weight is 302 g/mol. The molecule has 0 spiro atoms. The Labute approximate surface area is 128 Å². The highest BCUT2D eigenvalue weighted by atomic mass is 16.7. The molecule has 0 amide bonds. The molecular formula is C15H18N4O3. The van der Waals surface area contributed by atoms with Crippen molar-refractivity contribution in [1.82, 2.24) is 10.2 Å². The van der Waals surface area contributed by atoms with E-state index >= 15 is 0 Å². The largest absolute Gasteiger partial charge is 0.507 e. The molecule has 0 bridgehead atoms. The molecule has 0 unspecified atom stereocenters. The second-order valence-corrected chi connectivity index (χ2v) is 5.19. The van der Waals surface area contributed by atoms with Crippen LogP contribution in [0.4, 0.5) is 11.5 Å². The predicted octanol–water partition coefficient (Wildman–Crippen LogP) is 1.24. The maximum atomic E-state index is 9.94. The van der Waals surface area contributed by atoms with E-state index in [-0.39, 0.29) is 5.75 Å². The Kier molecular flexibility index (Phi) is 3.59. The highest BCUT2D eigenvalue weighted by Crippen LogP contribution is 2.36. The molecule has 1 fully saturated rings. The van der Waals surface area contributed by atoms with E-state index in [0.717, 1.165) is 5.69 Å². The van der Waals surface area contributed by atoms with Gasteiger partial charge < -0.3 is 25.2 Å². The van der Waals surface area contributed by atoms with Crippen molar-refractivity contribution in [1.29, 1.82) is 0 Å². The number of nitrogen functional groups attached to an aromatic ring is 1. The molecule has 2 aromatic rings. The van der Waals surface area contributed by atoms with Crippen molar-refractivity contribution in [3.63, 3.8) is 0 Å². The number of nitrogens with two attached hydrogens (primary N) is 1. The maximum Gasteiger partial charge on any atom is 0.203 e. The van der Waals surface area contributed by atoms with Crippen LogP contribution in [0.2, 0.25) is 0 Å². The minimum atomic E-state index is -0.606. The number of para-hydroxylation sites is 1. The summed E-state index contributed by atoms with van der Waals surface area (Å²) in [7, 11) is 3.23. The molecule has 22 heavy (non-hydrogen) atoms. The molecule has 0 aliphatic carbocycles. The van der Waals surface area contributed by atoms with Gasteiger partial charge >= 0.3 is 0 Å². The molecule has 0 saturated carbocycles. The number of rotatable bonds is 4. The van der Waals surface area contributed by atoms with Crippen molar-refractivity contribution in [3.05, 3.63) is 30.3 Å². The van der Waals surface area contributed by atoms with E-state index in [2.05, 4.69) is 10.2 Å². The van der Waals surface area contributed by atoms with Gasteiger partial charge in [0, 0.05) is 19.8 Å². The monoisotopic (exact) mass is 302 g/mol. The van der Waals surface area contributed by atoms with Crippen LogP contribution >= 0.6 is 0 Å². The molecule has 1 aromatic heterocycles. The highest BCUT2D eigenvalue weighted by molar-refractivity contribution is 5.74. The fourth-order valence-corrected chi connectivity index (χ4v) is 2.51. The number of benzene rings is 1. The number of phenolic OH excluding ortho intramolecular Hbond substituents is 1. The van der Waals surface area contributed by atoms with Crippen LogP contribution in [0.5, 0.6) is 5.75 Å². The lowest BCUT2D eigenvalue weighted by molar-refractivity contribution is -0.219. The maximum absolute atomic E-state index is 9.94. The van der Waals surface area contributed by atoms with Crippen molar-refractivity contribution < 1.29 is 14.6 Å². The van der Waals surface area contributed by atoms with Crippen LogP contribution in [0.25, 0.3) is 11.3 Å². The quantitative estimate of drug-likeness (QED) is 0.821. The van der Waals surface area contributed by atoms with Gasteiger partial charge in [0.2, 0.25) is 5.79 Å². The Morgan fingerprint density at radius 1 is 1.18 bits per heavy atom. The first-order valence-electron chi connectivity index (χ1n) is 6.85. The molecule has 1 aliphatic heterocycles. The molecule has 116 valence electrons. The van der Waals surface area contributed by atoms with Crippen molar-refractivity contribution in [2.45, 2.75) is 5.79 Å². The van der Waals surface area contributed by atoms with Crippen molar-refractivity contribution in [2.24, 2.45) is 0 Å². The summed E-state index contributed by atoms with van der Waals surface area (Å²) < 4.78 is 10.7. The number of ether oxygens (including phenoxy) is 2. The lowest BCUT2D eigenvalue weighted by atomic mass is 10.1. The molecule has 7 nitrogen and oxygen atoms in total. The van der Waals surface area contributed by atoms with Gasteiger partial charge in [0.15, 0.2) is 5.82 Å². The van der Waals surface area contributed by atoms with E-state index in [4.69, 9.17) is 15.2 Å². The summed E-state index contributed by atoms with van der Waals surface area (Å²) in [5.74, 6) is -0.121. The summed E-state index contributed by atoms with van der Waals surface area (Å²) in [5.41, 5.74) is 7.85. The molecule has 1 saturated heterocycles. The summed E-state index contributed by atoms with van der Waals surface area (Å²) in [6.45, 7) is 1.10. The lowest BCUT2D eigenvalue weighted by Crippen LogP contribution is -2.64. The predicted molar refractivity (Wildman–Crippen MR) is 82.5 cm³/mol. The second kappa shape index (κ2) is 5.43. The molecule has 0 radical (unpaired) electrons. The molecule has 2 heterocycles. The molecule has 0 atom stereocenters. The van der Waals surface area contributed by atoms with Gasteiger partial charge in [-0.1, -0.05) is 12.1 Å². The molecule has 1 aliphatic rings. The molecule has 7 heteroatoms. The van der Waals surface area contributed by atoms with E-state index in [9.17, 15) is 5.11 Å². The Balaban J connectivity index is 1.91. The Morgan fingerprint density at radius 3 is 2.50 bits per heavy atom. The molecular weight excluding hydrogens is 284 g/mol. The number of aromatic hydroxyl groups is 1. The molecule has 1 aromatic carbocycles. The third-order valence-corrected chi connectivity index (χ3v) is 3.93. The average Bonchev–Trinajstić information content (AvgIpc) is 2.49. The first-order valence-corrected chi connectivity index (χ1v) is 6.85. The second-order valence-electron chi connectivity index (χ2n) is 5.19. The SMILES string of the molecule is COC1(OC)CN(c2cc(-c3ccccc3O)nnc2N)C1. The highest BCUT2D eigenvalue weighted by Gasteiger charge is 2.44. The van der Waals surface area contributed by atoms with Gasteiger partial charge in [0.05, 0.1) is 24.5 Å². The number of hydrogen-bond donors (Lipinski definition) is 2. The third-order valence-electron chi connectivity index (χ3n) is 3.93. The van der Waals surface area contributed by atoms with Crippen LogP contribution in [-0.4, -0.2) is 48.4 Å². The summed E-state index contributed by atoms with van der Waals surface area (Å²) >= 11 is 0. The number of nitrogens with zero attached hydrogens (tertiary/aromatic N) is 3. The van der Waals surface area contributed by atoms with Crippen LogP contribution in [0.3, 0.4) is 0 Å². The van der Waals surface area contributed by atoms with Gasteiger partial charge in [-0.05, 0) is 18.2 Å². The smallest absolute Gasteiger partial charge is 0.203 e. The van der Waals surface area contributed by atoms with Crippen molar-refractivity contribution in [2.75, 3.05) is 37.9 Å². The van der Waals surface area contributed by atoms with Gasteiger partial charge in [-0.2, -0.15) is 0 Å². The van der Waals surface area contributed by atoms with Crippen molar-refractivity contribution >= 4 is 11.5 Å². The summed E-state index contributed by atoms with van der Waals surface area (Å²) in [6.07, 6.45) is 0. The summed E-state index contributed by atoms with van der Waals surface area (Å²) in [5, 5.41) is 18.0. The number of aromatic nitrogens is 2. The standard InChI is InChI=1S/C15H18N4O3/c1-21-15(22-2)8-19(9-15)12-7-11(17-18-14(12)16)10-5-3-4-6-13(10)20/h3-7,20H,8-9H2,1-2H3,(H2,16,18). The van der Waals surface area contributed by atoms with Gasteiger partial charge in [-0.3, -0.25) is 0 Å². The topological polar surface area (TPSA) is 93.7 Å². The van der Waals surface area contributed by atoms with Gasteiger partial charge in [0.1, 0.15) is 5.75 Å². The fourth-order valence-electron chi connectivity index (χ4n) is 2.51. The zero-order valence-electron chi connectivity index (χ0n) is 12.5. The number of phenols is 1. The minimum Gasteiger partial charge on any atom is -0.507 e. The van der Waals surface area contributed by atoms with E-state index in [0.29, 0.717) is 30.2 Å². The lowest BCUT2D eigenvalue weighted by Gasteiger charge is -2.48. The van der Waals surface area contributed by atoms with Gasteiger partial charge in [-0.25, -0.2) is 0 Å². The number of hydrogen-bond acceptors (Lipinski definition) is 7. The van der Waals surface area contributed by atoms with Crippen LogP contribution in [0, 0.1) is 0 Å². The van der Waals surface area contributed by atoms with E-state index in [1.165, 1.54) is 0 Å². The third kappa shape index (κ3) is 2.34. The molecule has 3 N–H and O–H groups in total. The van der Waals surface area contributed by atoms with Gasteiger partial charge in [-0.15, -0.1) is 10.2 Å². The summed E-state index contributed by atoms with van der Waals surface area (Å²) in [4.78, 5) is 2.00. The van der Waals surface area contributed by atoms with Crippen LogP contribution in [-0.2, 0) is 9.47 Å². The number of methoxy groups -OCH3 is 2. The molecule has 3 rings (SSSR count). The normalized spacial score (nSPS) is 16.4. The van der Waals surface area contributed by atoms with Crippen LogP contribution in [0.1, 0.15) is 0 Å². The Hall–Kier alpha value is -2.38. The summed E-state index contributed by atoms with van der Waals surface area (Å²) in [6, 6.07) is 8.79. The van der Waals surface area contributed by atoms with E-state index < -0.39 is 5.79 Å². The Bertz CT molecular complexity index is 680. The fraction of sp³-hybridized carbons (Fsp3) is 0.333. The Morgan fingerprint density at radius 2 is 1.86 bits per heavy atom. The zero-order chi connectivity index (χ0) is 15.7. The zero-order valence-corrected chi connectivity index (χ0v) is 12.5. The van der Waals surface area contributed by atoms with Crippen molar-refractivity contribution in [3.8, 4) is 17.0 Å². The minimum absolute atomic E-state index is 0.152.